The van der Waals surface area contributed by atoms with E-state index in [0.29, 0.717) is 17.4 Å². The van der Waals surface area contributed by atoms with Gasteiger partial charge in [0, 0.05) is 36.4 Å². The molecule has 3 atom stereocenters. The number of rotatable bonds is 5. The van der Waals surface area contributed by atoms with E-state index in [4.69, 9.17) is 4.74 Å². The van der Waals surface area contributed by atoms with E-state index in [1.54, 1.807) is 37.9 Å². The number of likely N-dealkylation sites (N-methyl/N-ethyl adjacent to an activating group) is 1. The summed E-state index contributed by atoms with van der Waals surface area (Å²) in [7, 11) is -2.11. The standard InChI is InChI=1S/C18H27BrN2O5S/c1-5-18(23)20(4)10-16-12(2)9-21(13(3)11-22)27(24,25)17-7-6-14(19)8-15(17)26-16/h6-8,12-13,16,22H,5,9-11H2,1-4H3/t12-,13+,16+/m1/s1. The molecule has 0 saturated heterocycles. The highest BCUT2D eigenvalue weighted by molar-refractivity contribution is 9.10. The molecule has 1 N–H and O–H groups in total. The number of sulfonamides is 1. The maximum absolute atomic E-state index is 13.2. The first-order valence-electron chi connectivity index (χ1n) is 8.94. The number of amides is 1. The first-order chi connectivity index (χ1) is 12.6. The van der Waals surface area contributed by atoms with Crippen molar-refractivity contribution in [3.05, 3.63) is 22.7 Å². The van der Waals surface area contributed by atoms with Crippen LogP contribution in [0.2, 0.25) is 0 Å². The van der Waals surface area contributed by atoms with Crippen LogP contribution in [0.5, 0.6) is 5.75 Å². The van der Waals surface area contributed by atoms with Crippen molar-refractivity contribution in [2.24, 2.45) is 5.92 Å². The summed E-state index contributed by atoms with van der Waals surface area (Å²) in [6, 6.07) is 4.21. The number of benzene rings is 1. The van der Waals surface area contributed by atoms with Crippen LogP contribution in [0.1, 0.15) is 27.2 Å². The molecule has 1 aromatic carbocycles. The summed E-state index contributed by atoms with van der Waals surface area (Å²) in [5.41, 5.74) is 0. The van der Waals surface area contributed by atoms with Crippen LogP contribution in [0.3, 0.4) is 0 Å². The van der Waals surface area contributed by atoms with Gasteiger partial charge in [-0.2, -0.15) is 4.31 Å². The molecule has 0 saturated carbocycles. The Morgan fingerprint density at radius 2 is 2.15 bits per heavy atom. The molecule has 0 unspecified atom stereocenters. The van der Waals surface area contributed by atoms with Crippen LogP contribution in [-0.2, 0) is 14.8 Å². The molecule has 0 spiro atoms. The average Bonchev–Trinajstić information content (AvgIpc) is 2.62. The second-order valence-electron chi connectivity index (χ2n) is 6.96. The molecule has 0 aliphatic carbocycles. The van der Waals surface area contributed by atoms with Crippen LogP contribution < -0.4 is 4.74 Å². The minimum Gasteiger partial charge on any atom is -0.487 e. The number of fused-ring (bicyclic) bond motifs is 1. The number of aliphatic hydroxyl groups is 1. The number of hydrogen-bond donors (Lipinski definition) is 1. The first kappa shape index (κ1) is 22.1. The smallest absolute Gasteiger partial charge is 0.247 e. The van der Waals surface area contributed by atoms with Gasteiger partial charge in [0.1, 0.15) is 16.7 Å². The predicted octanol–water partition coefficient (Wildman–Crippen LogP) is 2.09. The zero-order valence-corrected chi connectivity index (χ0v) is 18.5. The Morgan fingerprint density at radius 1 is 1.48 bits per heavy atom. The Hall–Kier alpha value is -1.16. The van der Waals surface area contributed by atoms with Crippen molar-refractivity contribution in [1.29, 1.82) is 0 Å². The molecule has 0 bridgehead atoms. The lowest BCUT2D eigenvalue weighted by atomic mass is 10.0. The Kier molecular flexibility index (Phi) is 7.29. The van der Waals surface area contributed by atoms with E-state index in [1.165, 1.54) is 10.4 Å². The van der Waals surface area contributed by atoms with Gasteiger partial charge in [0.25, 0.3) is 0 Å². The summed E-state index contributed by atoms with van der Waals surface area (Å²) in [5.74, 6) is 0.0527. The second-order valence-corrected chi connectivity index (χ2v) is 9.73. The Bertz CT molecular complexity index is 786. The lowest BCUT2D eigenvalue weighted by Crippen LogP contribution is -2.50. The topological polar surface area (TPSA) is 87.2 Å². The lowest BCUT2D eigenvalue weighted by molar-refractivity contribution is -0.131. The molecule has 1 aliphatic heterocycles. The van der Waals surface area contributed by atoms with Crippen LogP contribution in [0.4, 0.5) is 0 Å². The van der Waals surface area contributed by atoms with Crippen molar-refractivity contribution < 1.29 is 23.1 Å². The quantitative estimate of drug-likeness (QED) is 0.723. The Morgan fingerprint density at radius 3 is 2.74 bits per heavy atom. The van der Waals surface area contributed by atoms with Gasteiger partial charge >= 0.3 is 0 Å². The van der Waals surface area contributed by atoms with Gasteiger partial charge in [-0.1, -0.05) is 29.8 Å². The SMILES string of the molecule is CCC(=O)N(C)C[C@@H]1Oc2cc(Br)ccc2S(=O)(=O)N([C@@H](C)CO)C[C@H]1C. The van der Waals surface area contributed by atoms with Crippen LogP contribution in [0.25, 0.3) is 0 Å². The fourth-order valence-electron chi connectivity index (χ4n) is 3.06. The lowest BCUT2D eigenvalue weighted by Gasteiger charge is -2.37. The van der Waals surface area contributed by atoms with E-state index in [-0.39, 0.29) is 41.7 Å². The van der Waals surface area contributed by atoms with Gasteiger partial charge in [-0.25, -0.2) is 8.42 Å². The number of ether oxygens (including phenoxy) is 1. The van der Waals surface area contributed by atoms with E-state index in [2.05, 4.69) is 15.9 Å². The van der Waals surface area contributed by atoms with Crippen LogP contribution >= 0.6 is 15.9 Å². The maximum atomic E-state index is 13.2. The zero-order valence-electron chi connectivity index (χ0n) is 16.1. The molecule has 27 heavy (non-hydrogen) atoms. The normalized spacial score (nSPS) is 23.5. The van der Waals surface area contributed by atoms with Crippen molar-refractivity contribution in [3.8, 4) is 5.75 Å². The van der Waals surface area contributed by atoms with Crippen LogP contribution in [0, 0.1) is 5.92 Å². The largest absolute Gasteiger partial charge is 0.487 e. The van der Waals surface area contributed by atoms with Gasteiger partial charge in [0.15, 0.2) is 0 Å². The molecular weight excluding hydrogens is 436 g/mol. The third-order valence-electron chi connectivity index (χ3n) is 4.81. The third-order valence-corrected chi connectivity index (χ3v) is 7.32. The Labute approximate surface area is 169 Å². The van der Waals surface area contributed by atoms with Crippen LogP contribution in [-0.4, -0.2) is 67.5 Å². The Balaban J connectivity index is 2.51. The van der Waals surface area contributed by atoms with Gasteiger partial charge in [0.05, 0.1) is 13.2 Å². The number of halogens is 1. The summed E-state index contributed by atoms with van der Waals surface area (Å²) < 4.78 is 34.5. The molecule has 0 radical (unpaired) electrons. The fourth-order valence-corrected chi connectivity index (χ4v) is 5.22. The number of carbonyl (C=O) groups is 1. The first-order valence-corrected chi connectivity index (χ1v) is 11.2. The highest BCUT2D eigenvalue weighted by Crippen LogP contribution is 2.35. The molecular formula is C18H27BrN2O5S. The number of carbonyl (C=O) groups excluding carboxylic acids is 1. The van der Waals surface area contributed by atoms with E-state index < -0.39 is 16.1 Å². The van der Waals surface area contributed by atoms with E-state index >= 15 is 0 Å². The molecule has 1 heterocycles. The maximum Gasteiger partial charge on any atom is 0.247 e. The molecule has 1 aromatic rings. The molecule has 9 heteroatoms. The zero-order chi connectivity index (χ0) is 20.4. The van der Waals surface area contributed by atoms with Gasteiger partial charge in [0.2, 0.25) is 15.9 Å². The van der Waals surface area contributed by atoms with Crippen molar-refractivity contribution in [2.45, 2.75) is 44.2 Å². The monoisotopic (exact) mass is 462 g/mol. The minimum atomic E-state index is -3.83. The van der Waals surface area contributed by atoms with Gasteiger partial charge in [-0.15, -0.1) is 0 Å². The third kappa shape index (κ3) is 4.82. The minimum absolute atomic E-state index is 0.00414. The molecule has 0 aromatic heterocycles. The molecule has 1 aliphatic rings. The van der Waals surface area contributed by atoms with Gasteiger partial charge in [-0.3, -0.25) is 4.79 Å². The molecule has 1 amide bonds. The van der Waals surface area contributed by atoms with E-state index in [0.717, 1.165) is 0 Å². The molecule has 7 nitrogen and oxygen atoms in total. The van der Waals surface area contributed by atoms with Gasteiger partial charge < -0.3 is 14.7 Å². The molecule has 0 fully saturated rings. The summed E-state index contributed by atoms with van der Waals surface area (Å²) in [4.78, 5) is 13.7. The fraction of sp³-hybridized carbons (Fsp3) is 0.611. The number of hydrogen-bond acceptors (Lipinski definition) is 5. The van der Waals surface area contributed by atoms with E-state index in [9.17, 15) is 18.3 Å². The number of aliphatic hydroxyl groups excluding tert-OH is 1. The summed E-state index contributed by atoms with van der Waals surface area (Å²) >= 11 is 3.36. The van der Waals surface area contributed by atoms with Crippen molar-refractivity contribution >= 4 is 31.9 Å². The molecule has 152 valence electrons. The average molecular weight is 463 g/mol. The second kappa shape index (κ2) is 8.89. The number of nitrogens with zero attached hydrogens (tertiary/aromatic N) is 2. The van der Waals surface area contributed by atoms with Crippen molar-refractivity contribution in [2.75, 3.05) is 26.7 Å². The predicted molar refractivity (Wildman–Crippen MR) is 106 cm³/mol. The summed E-state index contributed by atoms with van der Waals surface area (Å²) in [6.07, 6.45) is 0.00403. The van der Waals surface area contributed by atoms with Crippen LogP contribution in [0.15, 0.2) is 27.6 Å². The highest BCUT2D eigenvalue weighted by atomic mass is 79.9. The summed E-state index contributed by atoms with van der Waals surface area (Å²) in [6.45, 7) is 5.62. The highest BCUT2D eigenvalue weighted by Gasteiger charge is 2.38. The molecule has 2 rings (SSSR count). The summed E-state index contributed by atoms with van der Waals surface area (Å²) in [5, 5.41) is 9.58. The van der Waals surface area contributed by atoms with E-state index in [1.807, 2.05) is 6.92 Å². The van der Waals surface area contributed by atoms with Crippen molar-refractivity contribution in [3.63, 3.8) is 0 Å². The van der Waals surface area contributed by atoms with Crippen molar-refractivity contribution in [1.82, 2.24) is 9.21 Å². The van der Waals surface area contributed by atoms with Gasteiger partial charge in [-0.05, 0) is 25.1 Å².